The lowest BCUT2D eigenvalue weighted by Gasteiger charge is -2.27. The van der Waals surface area contributed by atoms with Crippen molar-refractivity contribution >= 4 is 41.1 Å². The summed E-state index contributed by atoms with van der Waals surface area (Å²) in [5.74, 6) is 0.385. The molecule has 0 aliphatic carbocycles. The molecule has 162 valence electrons. The molecule has 1 unspecified atom stereocenters. The summed E-state index contributed by atoms with van der Waals surface area (Å²) < 4.78 is 0. The SMILES string of the molecule is CC(CSCc1ccccc1)C(=O)N[C@@](C)(SCc1ccc(N(C)C)cc1)C(=O)O. The lowest BCUT2D eigenvalue weighted by Crippen LogP contribution is -2.51. The molecule has 0 saturated heterocycles. The highest BCUT2D eigenvalue weighted by Crippen LogP contribution is 2.28. The summed E-state index contributed by atoms with van der Waals surface area (Å²) >= 11 is 2.89. The number of anilines is 1. The van der Waals surface area contributed by atoms with Gasteiger partial charge < -0.3 is 15.3 Å². The third-order valence-corrected chi connectivity index (χ3v) is 7.28. The van der Waals surface area contributed by atoms with E-state index in [0.717, 1.165) is 17.0 Å². The van der Waals surface area contributed by atoms with Gasteiger partial charge in [0.2, 0.25) is 5.91 Å². The standard InChI is InChI=1S/C23H30N2O3S2/c1-17(14-29-15-18-8-6-5-7-9-18)21(26)24-23(2,22(27)28)30-16-19-10-12-20(13-11-19)25(3)4/h5-13,17H,14-16H2,1-4H3,(H,24,26)(H,27,28)/t17?,23-/m0/s1. The van der Waals surface area contributed by atoms with Gasteiger partial charge in [0.1, 0.15) is 0 Å². The second kappa shape index (κ2) is 11.3. The van der Waals surface area contributed by atoms with E-state index in [-0.39, 0.29) is 11.8 Å². The van der Waals surface area contributed by atoms with Gasteiger partial charge in [-0.25, -0.2) is 4.79 Å². The minimum Gasteiger partial charge on any atom is -0.479 e. The van der Waals surface area contributed by atoms with Crippen molar-refractivity contribution in [2.24, 2.45) is 5.92 Å². The fourth-order valence-corrected chi connectivity index (χ4v) is 4.63. The average Bonchev–Trinajstić information content (AvgIpc) is 2.73. The maximum Gasteiger partial charge on any atom is 0.339 e. The van der Waals surface area contributed by atoms with Crippen molar-refractivity contribution < 1.29 is 14.7 Å². The summed E-state index contributed by atoms with van der Waals surface area (Å²) in [6.45, 7) is 3.39. The van der Waals surface area contributed by atoms with Crippen LogP contribution in [0.4, 0.5) is 5.69 Å². The molecule has 7 heteroatoms. The van der Waals surface area contributed by atoms with Crippen molar-refractivity contribution in [3.05, 3.63) is 65.7 Å². The molecule has 0 aliphatic rings. The second-order valence-corrected chi connectivity index (χ2v) is 10.0. The molecule has 0 heterocycles. The molecule has 0 fully saturated rings. The minimum atomic E-state index is -1.38. The predicted molar refractivity (Wildman–Crippen MR) is 128 cm³/mol. The molecule has 2 atom stereocenters. The fourth-order valence-electron chi connectivity index (χ4n) is 2.63. The lowest BCUT2D eigenvalue weighted by molar-refractivity contribution is -0.143. The zero-order chi connectivity index (χ0) is 22.1. The first-order valence-electron chi connectivity index (χ1n) is 9.78. The lowest BCUT2D eigenvalue weighted by atomic mass is 10.2. The van der Waals surface area contributed by atoms with Crippen LogP contribution in [-0.2, 0) is 21.1 Å². The van der Waals surface area contributed by atoms with E-state index in [0.29, 0.717) is 11.5 Å². The number of carboxylic acids is 1. The Morgan fingerprint density at radius 2 is 1.63 bits per heavy atom. The number of aliphatic carboxylic acids is 1. The molecule has 30 heavy (non-hydrogen) atoms. The molecule has 0 spiro atoms. The Labute approximate surface area is 187 Å². The van der Waals surface area contributed by atoms with Crippen molar-refractivity contribution in [3.8, 4) is 0 Å². The summed E-state index contributed by atoms with van der Waals surface area (Å²) in [7, 11) is 3.94. The van der Waals surface area contributed by atoms with Crippen LogP contribution in [0.2, 0.25) is 0 Å². The molecule has 0 bridgehead atoms. The van der Waals surface area contributed by atoms with Gasteiger partial charge in [-0.2, -0.15) is 11.8 Å². The number of nitrogens with zero attached hydrogens (tertiary/aromatic N) is 1. The number of nitrogens with one attached hydrogen (secondary N) is 1. The first-order chi connectivity index (χ1) is 14.2. The topological polar surface area (TPSA) is 69.6 Å². The fraction of sp³-hybridized carbons (Fsp3) is 0.391. The van der Waals surface area contributed by atoms with Gasteiger partial charge in [-0.1, -0.05) is 49.4 Å². The van der Waals surface area contributed by atoms with Crippen LogP contribution < -0.4 is 10.2 Å². The Bertz CT molecular complexity index is 828. The predicted octanol–water partition coefficient (Wildman–Crippen LogP) is 4.47. The summed E-state index contributed by atoms with van der Waals surface area (Å²) in [5, 5.41) is 12.5. The van der Waals surface area contributed by atoms with Gasteiger partial charge in [0.05, 0.1) is 0 Å². The maximum absolute atomic E-state index is 12.6. The molecule has 1 amide bonds. The van der Waals surface area contributed by atoms with Gasteiger partial charge in [0.25, 0.3) is 0 Å². The zero-order valence-electron chi connectivity index (χ0n) is 17.9. The van der Waals surface area contributed by atoms with Crippen LogP contribution in [0.5, 0.6) is 0 Å². The summed E-state index contributed by atoms with van der Waals surface area (Å²) in [6, 6.07) is 18.0. The van der Waals surface area contributed by atoms with Crippen molar-refractivity contribution in [1.29, 1.82) is 0 Å². The number of hydrogen-bond donors (Lipinski definition) is 2. The number of thioether (sulfide) groups is 2. The Morgan fingerprint density at radius 1 is 1.03 bits per heavy atom. The normalized spacial score (nSPS) is 13.9. The van der Waals surface area contributed by atoms with Crippen LogP contribution in [0.3, 0.4) is 0 Å². The average molecular weight is 447 g/mol. The summed E-state index contributed by atoms with van der Waals surface area (Å²) in [6.07, 6.45) is 0. The summed E-state index contributed by atoms with van der Waals surface area (Å²) in [4.78, 5) is 25.2. The van der Waals surface area contributed by atoms with Crippen LogP contribution in [0.1, 0.15) is 25.0 Å². The number of rotatable bonds is 11. The quantitative estimate of drug-likeness (QED) is 0.496. The van der Waals surface area contributed by atoms with E-state index in [4.69, 9.17) is 0 Å². The molecule has 2 N–H and O–H groups in total. The van der Waals surface area contributed by atoms with E-state index in [2.05, 4.69) is 17.4 Å². The highest BCUT2D eigenvalue weighted by Gasteiger charge is 2.36. The highest BCUT2D eigenvalue weighted by molar-refractivity contribution is 8.00. The van der Waals surface area contributed by atoms with Crippen molar-refractivity contribution in [2.75, 3.05) is 24.7 Å². The first-order valence-corrected chi connectivity index (χ1v) is 11.9. The maximum atomic E-state index is 12.6. The number of carbonyl (C=O) groups is 2. The number of carboxylic acid groups (broad SMARTS) is 1. The molecular formula is C23H30N2O3S2. The van der Waals surface area contributed by atoms with Crippen LogP contribution in [0, 0.1) is 5.92 Å². The third kappa shape index (κ3) is 7.29. The van der Waals surface area contributed by atoms with Crippen LogP contribution in [-0.4, -0.2) is 41.7 Å². The van der Waals surface area contributed by atoms with Crippen LogP contribution in [0.25, 0.3) is 0 Å². The smallest absolute Gasteiger partial charge is 0.339 e. The van der Waals surface area contributed by atoms with E-state index >= 15 is 0 Å². The molecular weight excluding hydrogens is 416 g/mol. The number of carbonyl (C=O) groups excluding carboxylic acids is 1. The van der Waals surface area contributed by atoms with Gasteiger partial charge in [-0.15, -0.1) is 11.8 Å². The van der Waals surface area contributed by atoms with E-state index in [1.54, 1.807) is 18.7 Å². The zero-order valence-corrected chi connectivity index (χ0v) is 19.6. The molecule has 0 aromatic heterocycles. The van der Waals surface area contributed by atoms with E-state index in [9.17, 15) is 14.7 Å². The largest absolute Gasteiger partial charge is 0.479 e. The number of hydrogen-bond acceptors (Lipinski definition) is 5. The molecule has 2 aromatic rings. The second-order valence-electron chi connectivity index (χ2n) is 7.58. The van der Waals surface area contributed by atoms with Gasteiger partial charge in [-0.05, 0) is 30.2 Å². The molecule has 0 saturated carbocycles. The summed E-state index contributed by atoms with van der Waals surface area (Å²) in [5.41, 5.74) is 3.31. The molecule has 2 rings (SSSR count). The van der Waals surface area contributed by atoms with Crippen molar-refractivity contribution in [3.63, 3.8) is 0 Å². The third-order valence-electron chi connectivity index (χ3n) is 4.68. The monoisotopic (exact) mass is 446 g/mol. The van der Waals surface area contributed by atoms with Crippen LogP contribution in [0.15, 0.2) is 54.6 Å². The first kappa shape index (κ1) is 24.2. The molecule has 0 aliphatic heterocycles. The Morgan fingerprint density at radius 3 is 2.20 bits per heavy atom. The van der Waals surface area contributed by atoms with Crippen molar-refractivity contribution in [1.82, 2.24) is 5.32 Å². The molecule has 5 nitrogen and oxygen atoms in total. The van der Waals surface area contributed by atoms with Gasteiger partial charge in [0, 0.05) is 43.0 Å². The Balaban J connectivity index is 1.88. The number of amides is 1. The van der Waals surface area contributed by atoms with Crippen LogP contribution >= 0.6 is 23.5 Å². The Kier molecular flexibility index (Phi) is 9.11. The molecule has 0 radical (unpaired) electrons. The van der Waals surface area contributed by atoms with Gasteiger partial charge in [0.15, 0.2) is 4.87 Å². The number of benzene rings is 2. The van der Waals surface area contributed by atoms with Crippen molar-refractivity contribution in [2.45, 2.75) is 30.2 Å². The highest BCUT2D eigenvalue weighted by atomic mass is 32.2. The van der Waals surface area contributed by atoms with Gasteiger partial charge >= 0.3 is 5.97 Å². The minimum absolute atomic E-state index is 0.240. The Hall–Kier alpha value is -2.12. The van der Waals surface area contributed by atoms with E-state index < -0.39 is 10.8 Å². The molecule has 2 aromatic carbocycles. The van der Waals surface area contributed by atoms with Gasteiger partial charge in [-0.3, -0.25) is 4.79 Å². The van der Waals surface area contributed by atoms with E-state index in [1.165, 1.54) is 17.3 Å². The van der Waals surface area contributed by atoms with E-state index in [1.807, 2.05) is 68.4 Å².